The molecule has 0 aliphatic heterocycles. The summed E-state index contributed by atoms with van der Waals surface area (Å²) >= 11 is 0. The second-order valence-corrected chi connectivity index (χ2v) is 4.20. The zero-order chi connectivity index (χ0) is 16.4. The van der Waals surface area contributed by atoms with Crippen LogP contribution in [0.4, 0.5) is 0 Å². The van der Waals surface area contributed by atoms with Crippen molar-refractivity contribution >= 4 is 11.9 Å². The van der Waals surface area contributed by atoms with Gasteiger partial charge < -0.3 is 30.3 Å². The van der Waals surface area contributed by atoms with Crippen LogP contribution in [0.5, 0.6) is 28.7 Å². The number of benzene rings is 2. The molecule has 5 N–H and O–H groups in total. The average Bonchev–Trinajstić information content (AvgIpc) is 2.44. The molecular formula is C14H10O8. The zero-order valence-corrected chi connectivity index (χ0v) is 10.8. The molecule has 0 saturated carbocycles. The van der Waals surface area contributed by atoms with Gasteiger partial charge in [0.1, 0.15) is 28.4 Å². The number of hydrogen-bond donors (Lipinski definition) is 5. The molecule has 0 amide bonds. The first-order valence-electron chi connectivity index (χ1n) is 5.83. The molecular weight excluding hydrogens is 296 g/mol. The van der Waals surface area contributed by atoms with Crippen LogP contribution < -0.4 is 4.74 Å². The number of carbonyl (C=O) groups is 2. The van der Waals surface area contributed by atoms with Gasteiger partial charge in [0.15, 0.2) is 11.5 Å². The lowest BCUT2D eigenvalue weighted by Gasteiger charge is -2.13. The number of ether oxygens (including phenoxy) is 1. The largest absolute Gasteiger partial charge is 0.508 e. The molecule has 8 heteroatoms. The molecule has 8 nitrogen and oxygen atoms in total. The van der Waals surface area contributed by atoms with E-state index >= 15 is 0 Å². The molecule has 0 saturated heterocycles. The third-order valence-corrected chi connectivity index (χ3v) is 2.73. The molecule has 0 spiro atoms. The predicted octanol–water partition coefficient (Wildman–Crippen LogP) is 1.99. The van der Waals surface area contributed by atoms with Gasteiger partial charge in [0, 0.05) is 0 Å². The zero-order valence-electron chi connectivity index (χ0n) is 10.8. The van der Waals surface area contributed by atoms with Crippen LogP contribution in [0.15, 0.2) is 30.3 Å². The van der Waals surface area contributed by atoms with Crippen molar-refractivity contribution < 1.29 is 39.9 Å². The topological polar surface area (TPSA) is 145 Å². The second kappa shape index (κ2) is 5.52. The summed E-state index contributed by atoms with van der Waals surface area (Å²) in [6.07, 6.45) is 0. The molecule has 0 aromatic heterocycles. The molecule has 0 radical (unpaired) electrons. The Hall–Kier alpha value is -3.42. The van der Waals surface area contributed by atoms with Gasteiger partial charge in [-0.2, -0.15) is 0 Å². The third-order valence-electron chi connectivity index (χ3n) is 2.73. The van der Waals surface area contributed by atoms with Crippen LogP contribution in [0.2, 0.25) is 0 Å². The lowest BCUT2D eigenvalue weighted by Crippen LogP contribution is -2.04. The van der Waals surface area contributed by atoms with Crippen molar-refractivity contribution in [2.75, 3.05) is 0 Å². The number of carboxylic acids is 2. The molecule has 0 aliphatic carbocycles. The highest BCUT2D eigenvalue weighted by Gasteiger charge is 2.23. The highest BCUT2D eigenvalue weighted by molar-refractivity contribution is 5.96. The number of aromatic carboxylic acids is 2. The smallest absolute Gasteiger partial charge is 0.343 e. The molecule has 0 heterocycles. The van der Waals surface area contributed by atoms with Crippen LogP contribution in [0, 0.1) is 0 Å². The fraction of sp³-hybridized carbons (Fsp3) is 0. The highest BCUT2D eigenvalue weighted by atomic mass is 16.5. The minimum Gasteiger partial charge on any atom is -0.508 e. The van der Waals surface area contributed by atoms with E-state index in [1.165, 1.54) is 0 Å². The first-order valence-corrected chi connectivity index (χ1v) is 5.83. The molecule has 22 heavy (non-hydrogen) atoms. The SMILES string of the molecule is O=C(O)c1cc(O)ccc1Oc1c(O)ccc(O)c1C(=O)O. The van der Waals surface area contributed by atoms with Gasteiger partial charge in [-0.05, 0) is 30.3 Å². The molecule has 114 valence electrons. The summed E-state index contributed by atoms with van der Waals surface area (Å²) < 4.78 is 5.15. The highest BCUT2D eigenvalue weighted by Crippen LogP contribution is 2.40. The molecule has 2 aromatic carbocycles. The number of phenols is 3. The molecule has 0 atom stereocenters. The Labute approximate surface area is 123 Å². The van der Waals surface area contributed by atoms with E-state index in [9.17, 15) is 24.9 Å². The van der Waals surface area contributed by atoms with Gasteiger partial charge in [0.25, 0.3) is 0 Å². The number of carboxylic acid groups (broad SMARTS) is 2. The van der Waals surface area contributed by atoms with E-state index in [2.05, 4.69) is 0 Å². The van der Waals surface area contributed by atoms with Crippen molar-refractivity contribution in [1.82, 2.24) is 0 Å². The Morgan fingerprint density at radius 1 is 0.864 bits per heavy atom. The van der Waals surface area contributed by atoms with Crippen molar-refractivity contribution in [2.24, 2.45) is 0 Å². The van der Waals surface area contributed by atoms with Crippen LogP contribution in [-0.2, 0) is 0 Å². The number of rotatable bonds is 4. The summed E-state index contributed by atoms with van der Waals surface area (Å²) in [5.74, 6) is -5.50. The van der Waals surface area contributed by atoms with Gasteiger partial charge in [0.05, 0.1) is 0 Å². The maximum absolute atomic E-state index is 11.2. The molecule has 0 unspecified atom stereocenters. The summed E-state index contributed by atoms with van der Waals surface area (Å²) in [4.78, 5) is 22.3. The van der Waals surface area contributed by atoms with Crippen molar-refractivity contribution in [2.45, 2.75) is 0 Å². The Balaban J connectivity index is 2.59. The minimum atomic E-state index is -1.57. The lowest BCUT2D eigenvalue weighted by atomic mass is 10.1. The van der Waals surface area contributed by atoms with Crippen molar-refractivity contribution in [3.63, 3.8) is 0 Å². The average molecular weight is 306 g/mol. The van der Waals surface area contributed by atoms with E-state index in [0.717, 1.165) is 30.3 Å². The van der Waals surface area contributed by atoms with E-state index in [1.54, 1.807) is 0 Å². The van der Waals surface area contributed by atoms with Gasteiger partial charge in [-0.15, -0.1) is 0 Å². The van der Waals surface area contributed by atoms with E-state index < -0.39 is 40.3 Å². The first kappa shape index (κ1) is 15.0. The standard InChI is InChI=1S/C14H10O8/c15-6-1-4-10(7(5-6)13(18)19)22-12-9(17)3-2-8(16)11(12)14(20)21/h1-5,15-17H,(H,18,19)(H,20,21). The molecule has 2 aromatic rings. The van der Waals surface area contributed by atoms with Crippen LogP contribution in [0.1, 0.15) is 20.7 Å². The van der Waals surface area contributed by atoms with Crippen molar-refractivity contribution in [1.29, 1.82) is 0 Å². The Morgan fingerprint density at radius 3 is 2.09 bits per heavy atom. The van der Waals surface area contributed by atoms with Gasteiger partial charge in [-0.25, -0.2) is 9.59 Å². The summed E-state index contributed by atoms with van der Waals surface area (Å²) in [6, 6.07) is 5.08. The molecule has 0 aliphatic rings. The maximum Gasteiger partial charge on any atom is 0.343 e. The monoisotopic (exact) mass is 306 g/mol. The Kier molecular flexibility index (Phi) is 3.76. The van der Waals surface area contributed by atoms with Crippen molar-refractivity contribution in [3.05, 3.63) is 41.5 Å². The fourth-order valence-electron chi connectivity index (χ4n) is 1.76. The summed E-state index contributed by atoms with van der Waals surface area (Å²) in [5.41, 5.74) is -1.16. The molecule has 0 fully saturated rings. The Bertz CT molecular complexity index is 766. The quantitative estimate of drug-likeness (QED) is 0.539. The maximum atomic E-state index is 11.2. The fourth-order valence-corrected chi connectivity index (χ4v) is 1.76. The minimum absolute atomic E-state index is 0.311. The normalized spacial score (nSPS) is 10.2. The van der Waals surface area contributed by atoms with Gasteiger partial charge in [-0.1, -0.05) is 0 Å². The number of hydrogen-bond acceptors (Lipinski definition) is 6. The number of phenolic OH excluding ortho intramolecular Hbond substituents is 2. The van der Waals surface area contributed by atoms with Gasteiger partial charge in [-0.3, -0.25) is 0 Å². The van der Waals surface area contributed by atoms with Gasteiger partial charge >= 0.3 is 11.9 Å². The third kappa shape index (κ3) is 2.70. The van der Waals surface area contributed by atoms with Crippen LogP contribution in [0.25, 0.3) is 0 Å². The number of aromatic hydroxyl groups is 3. The lowest BCUT2D eigenvalue weighted by molar-refractivity contribution is 0.0685. The van der Waals surface area contributed by atoms with E-state index in [1.807, 2.05) is 0 Å². The first-order chi connectivity index (χ1) is 10.3. The van der Waals surface area contributed by atoms with Crippen molar-refractivity contribution in [3.8, 4) is 28.7 Å². The van der Waals surface area contributed by atoms with Crippen LogP contribution >= 0.6 is 0 Å². The van der Waals surface area contributed by atoms with E-state index in [-0.39, 0.29) is 11.5 Å². The van der Waals surface area contributed by atoms with Gasteiger partial charge in [0.2, 0.25) is 0 Å². The van der Waals surface area contributed by atoms with Crippen LogP contribution in [-0.4, -0.2) is 37.5 Å². The molecule has 0 bridgehead atoms. The second-order valence-electron chi connectivity index (χ2n) is 4.20. The van der Waals surface area contributed by atoms with E-state index in [4.69, 9.17) is 14.9 Å². The molecule has 2 rings (SSSR count). The summed E-state index contributed by atoms with van der Waals surface area (Å²) in [7, 11) is 0. The summed E-state index contributed by atoms with van der Waals surface area (Å²) in [5, 5.41) is 46.7. The summed E-state index contributed by atoms with van der Waals surface area (Å²) in [6.45, 7) is 0. The Morgan fingerprint density at radius 2 is 1.50 bits per heavy atom. The van der Waals surface area contributed by atoms with Crippen LogP contribution in [0.3, 0.4) is 0 Å². The predicted molar refractivity (Wildman–Crippen MR) is 71.9 cm³/mol. The van der Waals surface area contributed by atoms with E-state index in [0.29, 0.717) is 0 Å².